The van der Waals surface area contributed by atoms with Crippen LogP contribution in [0.3, 0.4) is 0 Å². The Morgan fingerprint density at radius 2 is 2.16 bits per heavy atom. The van der Waals surface area contributed by atoms with Crippen molar-refractivity contribution in [3.05, 3.63) is 49.6 Å². The standard InChI is InChI=1S/C13H12BrClN2OS/c1-7(11-4-5-12(14)19-11)17-8-2-3-10(15)9(6-8)13(16)18/h2-7,17H,1H3,(H2,16,18). The van der Waals surface area contributed by atoms with Gasteiger partial charge in [-0.05, 0) is 53.2 Å². The molecule has 1 amide bonds. The number of amides is 1. The summed E-state index contributed by atoms with van der Waals surface area (Å²) in [5.74, 6) is -0.528. The van der Waals surface area contributed by atoms with E-state index in [1.165, 1.54) is 4.88 Å². The van der Waals surface area contributed by atoms with Crippen LogP contribution in [0, 0.1) is 0 Å². The van der Waals surface area contributed by atoms with Gasteiger partial charge in [0.25, 0.3) is 0 Å². The molecule has 2 aromatic rings. The summed E-state index contributed by atoms with van der Waals surface area (Å²) in [6.45, 7) is 2.05. The summed E-state index contributed by atoms with van der Waals surface area (Å²) in [7, 11) is 0. The van der Waals surface area contributed by atoms with Gasteiger partial charge in [0.05, 0.1) is 20.4 Å². The molecular weight excluding hydrogens is 348 g/mol. The van der Waals surface area contributed by atoms with Gasteiger partial charge in [0.1, 0.15) is 0 Å². The Morgan fingerprint density at radius 1 is 1.42 bits per heavy atom. The Labute approximate surface area is 128 Å². The van der Waals surface area contributed by atoms with E-state index in [0.717, 1.165) is 9.47 Å². The van der Waals surface area contributed by atoms with Crippen molar-refractivity contribution in [2.24, 2.45) is 5.73 Å². The van der Waals surface area contributed by atoms with Crippen molar-refractivity contribution >= 4 is 50.5 Å². The minimum absolute atomic E-state index is 0.137. The van der Waals surface area contributed by atoms with Crippen molar-refractivity contribution in [3.63, 3.8) is 0 Å². The number of anilines is 1. The SMILES string of the molecule is CC(Nc1ccc(Cl)c(C(N)=O)c1)c1ccc(Br)s1. The van der Waals surface area contributed by atoms with Crippen molar-refractivity contribution < 1.29 is 4.79 Å². The summed E-state index contributed by atoms with van der Waals surface area (Å²) in [5, 5.41) is 3.68. The number of nitrogens with one attached hydrogen (secondary N) is 1. The third-order valence-corrected chi connectivity index (χ3v) is 4.77. The molecule has 0 aliphatic heterocycles. The minimum atomic E-state index is -0.528. The first-order valence-electron chi connectivity index (χ1n) is 5.58. The summed E-state index contributed by atoms with van der Waals surface area (Å²) >= 11 is 11.0. The summed E-state index contributed by atoms with van der Waals surface area (Å²) in [5.41, 5.74) is 6.41. The molecule has 0 spiro atoms. The third kappa shape index (κ3) is 3.49. The fourth-order valence-corrected chi connectivity index (χ4v) is 3.32. The molecule has 3 N–H and O–H groups in total. The zero-order valence-corrected chi connectivity index (χ0v) is 13.3. The number of rotatable bonds is 4. The summed E-state index contributed by atoms with van der Waals surface area (Å²) < 4.78 is 1.09. The number of benzene rings is 1. The lowest BCUT2D eigenvalue weighted by Gasteiger charge is -2.14. The Balaban J connectivity index is 2.19. The van der Waals surface area contributed by atoms with E-state index in [4.69, 9.17) is 17.3 Å². The van der Waals surface area contributed by atoms with E-state index in [-0.39, 0.29) is 6.04 Å². The predicted octanol–water partition coefficient (Wildman–Crippen LogP) is 4.44. The Hall–Kier alpha value is -1.04. The highest BCUT2D eigenvalue weighted by Gasteiger charge is 2.11. The van der Waals surface area contributed by atoms with Gasteiger partial charge in [-0.15, -0.1) is 11.3 Å². The lowest BCUT2D eigenvalue weighted by atomic mass is 10.1. The van der Waals surface area contributed by atoms with Gasteiger partial charge in [-0.3, -0.25) is 4.79 Å². The van der Waals surface area contributed by atoms with Crippen LogP contribution in [0.15, 0.2) is 34.1 Å². The molecule has 1 aromatic carbocycles. The van der Waals surface area contributed by atoms with E-state index in [0.29, 0.717) is 10.6 Å². The van der Waals surface area contributed by atoms with Gasteiger partial charge >= 0.3 is 0 Å². The topological polar surface area (TPSA) is 55.1 Å². The van der Waals surface area contributed by atoms with Gasteiger partial charge in [0.15, 0.2) is 0 Å². The molecule has 1 aromatic heterocycles. The number of nitrogens with two attached hydrogens (primary N) is 1. The third-order valence-electron chi connectivity index (χ3n) is 2.64. The fraction of sp³-hybridized carbons (Fsp3) is 0.154. The second-order valence-corrected chi connectivity index (χ2v) is 6.97. The molecule has 1 unspecified atom stereocenters. The van der Waals surface area contributed by atoms with E-state index < -0.39 is 5.91 Å². The van der Waals surface area contributed by atoms with Crippen LogP contribution >= 0.6 is 38.9 Å². The first kappa shape index (κ1) is 14.4. The van der Waals surface area contributed by atoms with Crippen LogP contribution < -0.4 is 11.1 Å². The van der Waals surface area contributed by atoms with Gasteiger partial charge in [-0.1, -0.05) is 11.6 Å². The lowest BCUT2D eigenvalue weighted by Crippen LogP contribution is -2.12. The van der Waals surface area contributed by atoms with Crippen molar-refractivity contribution in [2.75, 3.05) is 5.32 Å². The van der Waals surface area contributed by atoms with Crippen molar-refractivity contribution in [1.29, 1.82) is 0 Å². The Morgan fingerprint density at radius 3 is 2.74 bits per heavy atom. The molecule has 0 bridgehead atoms. The molecule has 1 heterocycles. The van der Waals surface area contributed by atoms with Crippen molar-refractivity contribution in [3.8, 4) is 0 Å². The normalized spacial score (nSPS) is 12.2. The maximum atomic E-state index is 11.2. The zero-order valence-electron chi connectivity index (χ0n) is 10.1. The highest BCUT2D eigenvalue weighted by atomic mass is 79.9. The minimum Gasteiger partial charge on any atom is -0.378 e. The van der Waals surface area contributed by atoms with Crippen LogP contribution in [0.2, 0.25) is 5.02 Å². The average molecular weight is 360 g/mol. The molecule has 0 radical (unpaired) electrons. The molecule has 2 rings (SSSR count). The zero-order chi connectivity index (χ0) is 14.0. The van der Waals surface area contributed by atoms with Gasteiger partial charge in [0, 0.05) is 10.6 Å². The number of hydrogen-bond donors (Lipinski definition) is 2. The second kappa shape index (κ2) is 5.94. The highest BCUT2D eigenvalue weighted by Crippen LogP contribution is 2.30. The molecule has 3 nitrogen and oxygen atoms in total. The molecule has 0 aliphatic rings. The molecule has 6 heteroatoms. The Bertz CT molecular complexity index is 614. The summed E-state index contributed by atoms with van der Waals surface area (Å²) in [6, 6.07) is 9.36. The smallest absolute Gasteiger partial charge is 0.250 e. The van der Waals surface area contributed by atoms with Crippen LogP contribution in [0.1, 0.15) is 28.2 Å². The van der Waals surface area contributed by atoms with Crippen LogP contribution in [-0.4, -0.2) is 5.91 Å². The number of halogens is 2. The monoisotopic (exact) mass is 358 g/mol. The first-order valence-corrected chi connectivity index (χ1v) is 7.57. The molecule has 19 heavy (non-hydrogen) atoms. The summed E-state index contributed by atoms with van der Waals surface area (Å²) in [4.78, 5) is 12.4. The molecular formula is C13H12BrClN2OS. The quantitative estimate of drug-likeness (QED) is 0.848. The Kier molecular flexibility index (Phi) is 4.50. The number of hydrogen-bond acceptors (Lipinski definition) is 3. The fourth-order valence-electron chi connectivity index (χ4n) is 1.69. The van der Waals surface area contributed by atoms with E-state index >= 15 is 0 Å². The first-order chi connectivity index (χ1) is 8.97. The van der Waals surface area contributed by atoms with Crippen LogP contribution in [0.5, 0.6) is 0 Å². The molecule has 0 fully saturated rings. The van der Waals surface area contributed by atoms with Crippen molar-refractivity contribution in [2.45, 2.75) is 13.0 Å². The van der Waals surface area contributed by atoms with E-state index in [9.17, 15) is 4.79 Å². The molecule has 0 saturated carbocycles. The second-order valence-electron chi connectivity index (χ2n) is 4.07. The highest BCUT2D eigenvalue weighted by molar-refractivity contribution is 9.11. The van der Waals surface area contributed by atoms with Crippen molar-refractivity contribution in [1.82, 2.24) is 0 Å². The van der Waals surface area contributed by atoms with E-state index in [2.05, 4.69) is 34.2 Å². The lowest BCUT2D eigenvalue weighted by molar-refractivity contribution is 0.100. The number of carbonyl (C=O) groups is 1. The van der Waals surface area contributed by atoms with Crippen LogP contribution in [0.25, 0.3) is 0 Å². The molecule has 100 valence electrons. The van der Waals surface area contributed by atoms with Gasteiger partial charge in [-0.2, -0.15) is 0 Å². The largest absolute Gasteiger partial charge is 0.378 e. The molecule has 0 saturated heterocycles. The maximum Gasteiger partial charge on any atom is 0.250 e. The maximum absolute atomic E-state index is 11.2. The van der Waals surface area contributed by atoms with E-state index in [1.54, 1.807) is 23.5 Å². The van der Waals surface area contributed by atoms with Crippen LogP contribution in [0.4, 0.5) is 5.69 Å². The number of thiophene rings is 1. The van der Waals surface area contributed by atoms with Gasteiger partial charge in [-0.25, -0.2) is 0 Å². The number of primary amides is 1. The predicted molar refractivity (Wildman–Crippen MR) is 84.0 cm³/mol. The van der Waals surface area contributed by atoms with Gasteiger partial charge < -0.3 is 11.1 Å². The number of carbonyl (C=O) groups excluding carboxylic acids is 1. The summed E-state index contributed by atoms with van der Waals surface area (Å²) in [6.07, 6.45) is 0. The molecule has 1 atom stereocenters. The van der Waals surface area contributed by atoms with Gasteiger partial charge in [0.2, 0.25) is 5.91 Å². The average Bonchev–Trinajstić information content (AvgIpc) is 2.78. The van der Waals surface area contributed by atoms with E-state index in [1.807, 2.05) is 12.1 Å². The molecule has 0 aliphatic carbocycles. The van der Waals surface area contributed by atoms with Crippen LogP contribution in [-0.2, 0) is 0 Å².